The van der Waals surface area contributed by atoms with Gasteiger partial charge in [0.2, 0.25) is 0 Å². The molecule has 4 aromatic rings. The van der Waals surface area contributed by atoms with E-state index >= 15 is 17.6 Å². The number of hydrogen-bond acceptors (Lipinski definition) is 4. The van der Waals surface area contributed by atoms with Gasteiger partial charge in [0.15, 0.2) is 29.6 Å². The Labute approximate surface area is 237 Å². The second kappa shape index (κ2) is 12.0. The van der Waals surface area contributed by atoms with Crippen LogP contribution in [-0.2, 0) is 11.3 Å². The molecule has 0 radical (unpaired) electrons. The number of imidazole rings is 1. The molecule has 1 atom stereocenters. The third-order valence-electron chi connectivity index (χ3n) is 6.64. The van der Waals surface area contributed by atoms with E-state index in [0.29, 0.717) is 30.9 Å². The van der Waals surface area contributed by atoms with E-state index in [4.69, 9.17) is 9.90 Å². The van der Waals surface area contributed by atoms with Crippen molar-refractivity contribution in [1.29, 1.82) is 0 Å². The number of aromatic amines is 1. The number of aryl methyl sites for hydroxylation is 1. The Morgan fingerprint density at radius 3 is 1.95 bits per heavy atom. The highest BCUT2D eigenvalue weighted by Crippen LogP contribution is 2.38. The molecule has 0 unspecified atom stereocenters. The lowest BCUT2D eigenvalue weighted by molar-refractivity contribution is -0.192. The van der Waals surface area contributed by atoms with Gasteiger partial charge in [-0.3, -0.25) is 4.90 Å². The zero-order chi connectivity index (χ0) is 31.8. The molecule has 0 amide bonds. The van der Waals surface area contributed by atoms with Gasteiger partial charge in [-0.1, -0.05) is 24.3 Å². The number of aromatic carboxylic acids is 1. The maximum absolute atomic E-state index is 15.2. The summed E-state index contributed by atoms with van der Waals surface area (Å²) in [6.07, 6.45) is -4.95. The van der Waals surface area contributed by atoms with Crippen LogP contribution in [0.1, 0.15) is 34.6 Å². The molecular weight excluding hydrogens is 594 g/mol. The van der Waals surface area contributed by atoms with Gasteiger partial charge in [-0.05, 0) is 48.6 Å². The van der Waals surface area contributed by atoms with E-state index in [1.165, 1.54) is 30.3 Å². The first-order chi connectivity index (χ1) is 20.1. The zero-order valence-electron chi connectivity index (χ0n) is 22.0. The topological polar surface area (TPSA) is 107 Å². The highest BCUT2D eigenvalue weighted by molar-refractivity contribution is 6.03. The second-order valence-electron chi connectivity index (χ2n) is 9.60. The monoisotopic (exact) mass is 615 g/mol. The predicted octanol–water partition coefficient (Wildman–Crippen LogP) is 6.98. The summed E-state index contributed by atoms with van der Waals surface area (Å²) in [4.78, 5) is 29.0. The van der Waals surface area contributed by atoms with Gasteiger partial charge in [0, 0.05) is 13.1 Å². The van der Waals surface area contributed by atoms with Gasteiger partial charge in [0.1, 0.15) is 11.3 Å². The lowest BCUT2D eigenvalue weighted by Crippen LogP contribution is -2.25. The van der Waals surface area contributed by atoms with Crippen LogP contribution in [0.5, 0.6) is 0 Å². The number of hydrogen-bond donors (Lipinski definition) is 3. The van der Waals surface area contributed by atoms with Gasteiger partial charge in [-0.15, -0.1) is 0 Å². The van der Waals surface area contributed by atoms with Crippen LogP contribution in [0.2, 0.25) is 0 Å². The fourth-order valence-corrected chi connectivity index (χ4v) is 4.66. The van der Waals surface area contributed by atoms with Crippen molar-refractivity contribution in [1.82, 2.24) is 14.9 Å². The number of nitrogens with one attached hydrogen (secondary N) is 1. The number of aliphatic carboxylic acids is 1. The minimum atomic E-state index is -5.08. The Bertz CT molecular complexity index is 1670. The number of rotatable bonds is 5. The van der Waals surface area contributed by atoms with Gasteiger partial charge in [0.05, 0.1) is 22.2 Å². The number of H-pyrrole nitrogens is 1. The predicted molar refractivity (Wildman–Crippen MR) is 137 cm³/mol. The largest absolute Gasteiger partial charge is 0.490 e. The molecule has 0 saturated carbocycles. The minimum absolute atomic E-state index is 0.0511. The molecule has 3 aromatic carbocycles. The van der Waals surface area contributed by atoms with Gasteiger partial charge in [0.25, 0.3) is 0 Å². The number of carboxylic acids is 2. The van der Waals surface area contributed by atoms with E-state index in [1.54, 1.807) is 11.8 Å². The molecule has 0 bridgehead atoms. The number of nitrogens with zero attached hydrogens (tertiary/aromatic N) is 2. The Hall–Kier alpha value is -4.53. The SMILES string of the molecule is Cc1nc2c(C(=O)O)cc(-c3c(F)c(F)c(-c4ccc(CN5CCC[C@H]5F)cc4)c(F)c3F)cc2[nH]1.O=C(O)C(F)(F)F. The first kappa shape index (κ1) is 31.4. The van der Waals surface area contributed by atoms with E-state index in [0.717, 1.165) is 12.5 Å². The summed E-state index contributed by atoms with van der Waals surface area (Å²) in [6, 6.07) is 7.80. The number of carboxylic acid groups (broad SMARTS) is 2. The Balaban J connectivity index is 0.000000541. The molecule has 1 aromatic heterocycles. The van der Waals surface area contributed by atoms with E-state index in [2.05, 4.69) is 9.97 Å². The molecule has 1 aliphatic heterocycles. The van der Waals surface area contributed by atoms with Crippen LogP contribution in [0.15, 0.2) is 36.4 Å². The average molecular weight is 615 g/mol. The molecule has 15 heteroatoms. The number of fused-ring (bicyclic) bond motifs is 1. The second-order valence-corrected chi connectivity index (χ2v) is 9.60. The van der Waals surface area contributed by atoms with Crippen molar-refractivity contribution in [3.05, 3.63) is 76.6 Å². The third-order valence-corrected chi connectivity index (χ3v) is 6.64. The molecule has 5 rings (SSSR count). The summed E-state index contributed by atoms with van der Waals surface area (Å²) >= 11 is 0. The Kier molecular flexibility index (Phi) is 8.76. The summed E-state index contributed by atoms with van der Waals surface area (Å²) in [7, 11) is 0. The lowest BCUT2D eigenvalue weighted by atomic mass is 9.95. The zero-order valence-corrected chi connectivity index (χ0v) is 22.0. The number of aromatic nitrogens is 2. The van der Waals surface area contributed by atoms with Crippen molar-refractivity contribution in [3.63, 3.8) is 0 Å². The van der Waals surface area contributed by atoms with E-state index in [1.807, 2.05) is 0 Å². The van der Waals surface area contributed by atoms with Crippen molar-refractivity contribution >= 4 is 23.0 Å². The summed E-state index contributed by atoms with van der Waals surface area (Å²) in [6.45, 7) is 2.46. The number of halogens is 8. The fraction of sp³-hybridized carbons (Fsp3) is 0.250. The molecule has 0 aliphatic carbocycles. The first-order valence-electron chi connectivity index (χ1n) is 12.5. The molecule has 1 fully saturated rings. The van der Waals surface area contributed by atoms with E-state index in [-0.39, 0.29) is 27.7 Å². The summed E-state index contributed by atoms with van der Waals surface area (Å²) in [5, 5.41) is 16.6. The van der Waals surface area contributed by atoms with Crippen LogP contribution < -0.4 is 0 Å². The lowest BCUT2D eigenvalue weighted by Gasteiger charge is -2.18. The molecule has 1 saturated heterocycles. The minimum Gasteiger partial charge on any atom is -0.478 e. The van der Waals surface area contributed by atoms with Crippen molar-refractivity contribution in [2.24, 2.45) is 0 Å². The fourth-order valence-electron chi connectivity index (χ4n) is 4.66. The standard InChI is InChI=1S/C26H20F5N3O2.C2HF3O2/c1-12-32-17-10-15(9-16(26(35)36)25(17)33-12)20-23(30)21(28)19(22(29)24(20)31)14-6-4-13(5-7-14)11-34-8-2-3-18(34)27;3-2(4,5)1(6)7/h4-7,9-10,18H,2-3,8,11H2,1H3,(H,32,33)(H,35,36);(H,6,7)/t18-;/m0./s1. The Morgan fingerprint density at radius 2 is 1.49 bits per heavy atom. The van der Waals surface area contributed by atoms with Gasteiger partial charge in [-0.25, -0.2) is 36.5 Å². The Morgan fingerprint density at radius 1 is 0.953 bits per heavy atom. The molecule has 43 heavy (non-hydrogen) atoms. The van der Waals surface area contributed by atoms with Gasteiger partial charge >= 0.3 is 18.1 Å². The van der Waals surface area contributed by atoms with Crippen LogP contribution in [0, 0.1) is 30.2 Å². The van der Waals surface area contributed by atoms with Crippen molar-refractivity contribution < 1.29 is 54.9 Å². The average Bonchev–Trinajstić information content (AvgIpc) is 3.51. The van der Waals surface area contributed by atoms with Crippen LogP contribution in [0.4, 0.5) is 35.1 Å². The van der Waals surface area contributed by atoms with E-state index in [9.17, 15) is 27.5 Å². The maximum atomic E-state index is 15.2. The highest BCUT2D eigenvalue weighted by atomic mass is 19.4. The summed E-state index contributed by atoms with van der Waals surface area (Å²) < 4.78 is 106. The maximum Gasteiger partial charge on any atom is 0.490 e. The van der Waals surface area contributed by atoms with Crippen molar-refractivity contribution in [2.75, 3.05) is 6.54 Å². The molecule has 3 N–H and O–H groups in total. The van der Waals surface area contributed by atoms with Crippen LogP contribution in [-0.4, -0.2) is 56.0 Å². The van der Waals surface area contributed by atoms with Crippen LogP contribution in [0.3, 0.4) is 0 Å². The molecule has 0 spiro atoms. The van der Waals surface area contributed by atoms with E-state index < -0.39 is 58.8 Å². The van der Waals surface area contributed by atoms with Crippen molar-refractivity contribution in [2.45, 2.75) is 38.8 Å². The molecule has 228 valence electrons. The number of likely N-dealkylation sites (tertiary alicyclic amines) is 1. The van der Waals surface area contributed by atoms with Crippen LogP contribution in [0.25, 0.3) is 33.3 Å². The first-order valence-corrected chi connectivity index (χ1v) is 12.5. The van der Waals surface area contributed by atoms with Gasteiger partial charge in [-0.2, -0.15) is 13.2 Å². The van der Waals surface area contributed by atoms with Crippen LogP contribution >= 0.6 is 0 Å². The smallest absolute Gasteiger partial charge is 0.478 e. The summed E-state index contributed by atoms with van der Waals surface area (Å²) in [5.74, 6) is -10.4. The van der Waals surface area contributed by atoms with Gasteiger partial charge < -0.3 is 15.2 Å². The highest BCUT2D eigenvalue weighted by Gasteiger charge is 2.38. The number of benzene rings is 3. The summed E-state index contributed by atoms with van der Waals surface area (Å²) in [5.41, 5.74) is -1.85. The normalized spacial score (nSPS) is 15.4. The number of carbonyl (C=O) groups is 2. The number of alkyl halides is 4. The molecular formula is C28H21F8N3O4. The van der Waals surface area contributed by atoms with Crippen molar-refractivity contribution in [3.8, 4) is 22.3 Å². The molecule has 1 aliphatic rings. The quantitative estimate of drug-likeness (QED) is 0.127. The molecule has 7 nitrogen and oxygen atoms in total. The third kappa shape index (κ3) is 6.45. The molecule has 2 heterocycles.